The average molecular weight is 408 g/mol. The first kappa shape index (κ1) is 19.7. The summed E-state index contributed by atoms with van der Waals surface area (Å²) in [4.78, 5) is 32.7. The zero-order chi connectivity index (χ0) is 20.4. The summed E-state index contributed by atoms with van der Waals surface area (Å²) in [5.41, 5.74) is 1.54. The molecule has 1 saturated carbocycles. The summed E-state index contributed by atoms with van der Waals surface area (Å²) in [5, 5.41) is 0.924. The minimum absolute atomic E-state index is 0.000984. The summed E-state index contributed by atoms with van der Waals surface area (Å²) in [6.45, 7) is 1.88. The molecule has 5 nitrogen and oxygen atoms in total. The van der Waals surface area contributed by atoms with Gasteiger partial charge in [-0.2, -0.15) is 0 Å². The first-order chi connectivity index (χ1) is 14.1. The van der Waals surface area contributed by atoms with Gasteiger partial charge in [0.1, 0.15) is 0 Å². The van der Waals surface area contributed by atoms with E-state index in [1.54, 1.807) is 11.9 Å². The molecule has 1 amide bonds. The van der Waals surface area contributed by atoms with Crippen LogP contribution in [0.25, 0.3) is 10.9 Å². The largest absolute Gasteiger partial charge is 0.315 e. The van der Waals surface area contributed by atoms with Crippen LogP contribution in [0.3, 0.4) is 0 Å². The van der Waals surface area contributed by atoms with Gasteiger partial charge in [0.2, 0.25) is 5.91 Å². The number of benzene rings is 2. The topological polar surface area (TPSA) is 55.2 Å². The van der Waals surface area contributed by atoms with E-state index in [4.69, 9.17) is 4.98 Å². The number of anilines is 1. The number of hydrogen-bond donors (Lipinski definition) is 0. The fraction of sp³-hybridized carbons (Fsp3) is 0.348. The van der Waals surface area contributed by atoms with E-state index in [2.05, 4.69) is 0 Å². The highest BCUT2D eigenvalue weighted by atomic mass is 32.2. The number of para-hydroxylation sites is 2. The van der Waals surface area contributed by atoms with Crippen LogP contribution < -0.4 is 10.5 Å². The van der Waals surface area contributed by atoms with Crippen LogP contribution in [0.15, 0.2) is 64.5 Å². The van der Waals surface area contributed by atoms with Crippen molar-refractivity contribution in [1.82, 2.24) is 9.55 Å². The Kier molecular flexibility index (Phi) is 5.72. The summed E-state index contributed by atoms with van der Waals surface area (Å²) < 4.78 is 1.84. The zero-order valence-corrected chi connectivity index (χ0v) is 17.6. The van der Waals surface area contributed by atoms with Gasteiger partial charge in [-0.3, -0.25) is 14.2 Å². The number of nitrogens with zero attached hydrogens (tertiary/aromatic N) is 3. The molecule has 6 heteroatoms. The van der Waals surface area contributed by atoms with E-state index < -0.39 is 0 Å². The highest BCUT2D eigenvalue weighted by Gasteiger charge is 2.27. The van der Waals surface area contributed by atoms with Gasteiger partial charge in [-0.15, -0.1) is 0 Å². The quantitative estimate of drug-likeness (QED) is 0.456. The highest BCUT2D eigenvalue weighted by Crippen LogP contribution is 2.33. The van der Waals surface area contributed by atoms with Crippen molar-refractivity contribution in [3.63, 3.8) is 0 Å². The molecule has 150 valence electrons. The highest BCUT2D eigenvalue weighted by molar-refractivity contribution is 8.00. The summed E-state index contributed by atoms with van der Waals surface area (Å²) in [6, 6.07) is 17.2. The fourth-order valence-electron chi connectivity index (χ4n) is 3.95. The number of aromatic nitrogens is 2. The third-order valence-electron chi connectivity index (χ3n) is 5.57. The Bertz CT molecular complexity index is 1070. The number of carbonyl (C=O) groups excluding carboxylic acids is 1. The van der Waals surface area contributed by atoms with Gasteiger partial charge < -0.3 is 4.90 Å². The lowest BCUT2D eigenvalue weighted by molar-refractivity contribution is -0.117. The molecule has 0 saturated heterocycles. The van der Waals surface area contributed by atoms with Crippen LogP contribution in [0, 0.1) is 0 Å². The molecule has 2 aromatic carbocycles. The molecule has 0 N–H and O–H groups in total. The second kappa shape index (κ2) is 8.41. The smallest absolute Gasteiger partial charge is 0.262 e. The van der Waals surface area contributed by atoms with Gasteiger partial charge in [-0.1, -0.05) is 54.9 Å². The van der Waals surface area contributed by atoms with E-state index in [0.29, 0.717) is 16.1 Å². The van der Waals surface area contributed by atoms with Gasteiger partial charge in [0, 0.05) is 18.8 Å². The summed E-state index contributed by atoms with van der Waals surface area (Å²) in [5.74, 6) is -0.0124. The third-order valence-corrected chi connectivity index (χ3v) is 6.62. The van der Waals surface area contributed by atoms with Gasteiger partial charge in [0.25, 0.3) is 5.56 Å². The molecule has 0 aliphatic heterocycles. The van der Waals surface area contributed by atoms with E-state index in [9.17, 15) is 9.59 Å². The summed E-state index contributed by atoms with van der Waals surface area (Å²) in [6.07, 6.45) is 4.22. The molecular formula is C23H25N3O2S. The number of rotatable bonds is 5. The van der Waals surface area contributed by atoms with Crippen molar-refractivity contribution in [1.29, 1.82) is 0 Å². The Morgan fingerprint density at radius 2 is 1.76 bits per heavy atom. The molecule has 1 fully saturated rings. The first-order valence-electron chi connectivity index (χ1n) is 10.1. The molecule has 0 radical (unpaired) electrons. The van der Waals surface area contributed by atoms with E-state index in [1.807, 2.05) is 66.1 Å². The number of fused-ring (bicyclic) bond motifs is 1. The number of carbonyl (C=O) groups is 1. The molecule has 0 spiro atoms. The monoisotopic (exact) mass is 407 g/mol. The van der Waals surface area contributed by atoms with Crippen molar-refractivity contribution < 1.29 is 4.79 Å². The van der Waals surface area contributed by atoms with Crippen LogP contribution in [-0.4, -0.2) is 27.8 Å². The molecule has 1 aromatic heterocycles. The van der Waals surface area contributed by atoms with Crippen molar-refractivity contribution in [2.24, 2.45) is 0 Å². The van der Waals surface area contributed by atoms with Crippen LogP contribution >= 0.6 is 11.8 Å². The fourth-order valence-corrected chi connectivity index (χ4v) is 5.02. The van der Waals surface area contributed by atoms with Crippen LogP contribution in [-0.2, 0) is 4.79 Å². The van der Waals surface area contributed by atoms with Crippen LogP contribution in [0.1, 0.15) is 38.6 Å². The lowest BCUT2D eigenvalue weighted by Gasteiger charge is -2.23. The maximum absolute atomic E-state index is 13.3. The summed E-state index contributed by atoms with van der Waals surface area (Å²) in [7, 11) is 1.78. The second-order valence-corrected chi connectivity index (χ2v) is 8.83. The molecular weight excluding hydrogens is 382 g/mol. The van der Waals surface area contributed by atoms with Gasteiger partial charge in [0.05, 0.1) is 16.2 Å². The average Bonchev–Trinajstić information content (AvgIpc) is 3.27. The molecule has 1 heterocycles. The molecule has 0 bridgehead atoms. The van der Waals surface area contributed by atoms with Crippen molar-refractivity contribution in [2.75, 3.05) is 11.9 Å². The standard InChI is InChI=1S/C23H25N3O2S/c1-16(21(27)25(2)17-10-4-3-5-11-17)29-23-24-20-15-9-8-14-19(20)22(28)26(23)18-12-6-7-13-18/h3-5,8-11,14-16,18H,6-7,12-13H2,1-2H3/t16-/m0/s1. The number of amides is 1. The Labute approximate surface area is 174 Å². The molecule has 3 aromatic rings. The zero-order valence-electron chi connectivity index (χ0n) is 16.7. The van der Waals surface area contributed by atoms with Crippen LogP contribution in [0.4, 0.5) is 5.69 Å². The molecule has 1 atom stereocenters. The van der Waals surface area contributed by atoms with Crippen molar-refractivity contribution in [3.05, 3.63) is 65.0 Å². The SMILES string of the molecule is C[C@H](Sc1nc2ccccc2c(=O)n1C1CCCC1)C(=O)N(C)c1ccccc1. The first-order valence-corrected chi connectivity index (χ1v) is 10.9. The van der Waals surface area contributed by atoms with E-state index in [1.165, 1.54) is 11.8 Å². The minimum atomic E-state index is -0.360. The van der Waals surface area contributed by atoms with Crippen LogP contribution in [0.2, 0.25) is 0 Å². The lowest BCUT2D eigenvalue weighted by Crippen LogP contribution is -2.34. The van der Waals surface area contributed by atoms with E-state index in [0.717, 1.165) is 31.4 Å². The summed E-state index contributed by atoms with van der Waals surface area (Å²) >= 11 is 1.38. The third kappa shape index (κ3) is 3.94. The van der Waals surface area contributed by atoms with Gasteiger partial charge >= 0.3 is 0 Å². The Hall–Kier alpha value is -2.60. The van der Waals surface area contributed by atoms with Gasteiger partial charge in [-0.05, 0) is 44.0 Å². The van der Waals surface area contributed by atoms with E-state index in [-0.39, 0.29) is 22.8 Å². The Morgan fingerprint density at radius 3 is 2.48 bits per heavy atom. The minimum Gasteiger partial charge on any atom is -0.315 e. The molecule has 4 rings (SSSR count). The maximum Gasteiger partial charge on any atom is 0.262 e. The van der Waals surface area contributed by atoms with Crippen molar-refractivity contribution in [3.8, 4) is 0 Å². The Morgan fingerprint density at radius 1 is 1.10 bits per heavy atom. The molecule has 0 unspecified atom stereocenters. The number of thioether (sulfide) groups is 1. The van der Waals surface area contributed by atoms with Crippen LogP contribution in [0.5, 0.6) is 0 Å². The van der Waals surface area contributed by atoms with Gasteiger partial charge in [0.15, 0.2) is 5.16 Å². The lowest BCUT2D eigenvalue weighted by atomic mass is 10.2. The maximum atomic E-state index is 13.3. The predicted molar refractivity (Wildman–Crippen MR) is 119 cm³/mol. The second-order valence-electron chi connectivity index (χ2n) is 7.52. The molecule has 1 aliphatic carbocycles. The molecule has 29 heavy (non-hydrogen) atoms. The van der Waals surface area contributed by atoms with Crippen molar-refractivity contribution in [2.45, 2.75) is 49.1 Å². The normalized spacial score (nSPS) is 15.5. The van der Waals surface area contributed by atoms with E-state index >= 15 is 0 Å². The van der Waals surface area contributed by atoms with Gasteiger partial charge in [-0.25, -0.2) is 4.98 Å². The number of hydrogen-bond acceptors (Lipinski definition) is 4. The predicted octanol–water partition coefficient (Wildman–Crippen LogP) is 4.66. The van der Waals surface area contributed by atoms with Crippen molar-refractivity contribution >= 4 is 34.3 Å². The Balaban J connectivity index is 1.68. The molecule has 1 aliphatic rings.